The van der Waals surface area contributed by atoms with Crippen molar-refractivity contribution >= 4 is 11.9 Å². The summed E-state index contributed by atoms with van der Waals surface area (Å²) in [6.45, 7) is 1.25. The van der Waals surface area contributed by atoms with Gasteiger partial charge >= 0.3 is 6.03 Å². The lowest BCUT2D eigenvalue weighted by atomic mass is 10.2. The van der Waals surface area contributed by atoms with E-state index >= 15 is 0 Å². The molecule has 0 aliphatic rings. The van der Waals surface area contributed by atoms with E-state index in [1.165, 1.54) is 18.2 Å². The minimum absolute atomic E-state index is 0.0192. The number of ether oxygens (including phenoxy) is 2. The zero-order valence-electron chi connectivity index (χ0n) is 18.1. The Balaban J connectivity index is 1.68. The summed E-state index contributed by atoms with van der Waals surface area (Å²) in [6.07, 6.45) is -0.783. The van der Waals surface area contributed by atoms with E-state index in [4.69, 9.17) is 20.3 Å². The maximum atomic E-state index is 11.6. The number of aliphatic hydroxyl groups is 2. The predicted molar refractivity (Wildman–Crippen MR) is 120 cm³/mol. The van der Waals surface area contributed by atoms with Crippen molar-refractivity contribution in [1.82, 2.24) is 16.0 Å². The number of nitrogens with one attached hydrogen (secondary N) is 3. The molecule has 2 aromatic carbocycles. The standard InChI is InChI=1S/C22H30N4O7/c23-21(30)18-11-17(5-6-19(18)29)32-10-8-24-13-16(28)14-33-20-4-2-1-3-15(20)12-26-22(31)25-7-9-27/h1-6,11,16,24,27-29H,7-10,12-14H2,(H2,23,30)(H2,25,26,31). The van der Waals surface area contributed by atoms with Gasteiger partial charge in [-0.2, -0.15) is 0 Å². The van der Waals surface area contributed by atoms with E-state index in [0.717, 1.165) is 5.56 Å². The van der Waals surface area contributed by atoms with Crippen molar-refractivity contribution in [3.05, 3.63) is 53.6 Å². The number of aromatic hydroxyl groups is 1. The van der Waals surface area contributed by atoms with Crippen LogP contribution in [0.25, 0.3) is 0 Å². The maximum Gasteiger partial charge on any atom is 0.315 e. The van der Waals surface area contributed by atoms with Crippen molar-refractivity contribution in [3.63, 3.8) is 0 Å². The Labute approximate surface area is 191 Å². The van der Waals surface area contributed by atoms with Crippen LogP contribution in [0, 0.1) is 0 Å². The number of benzene rings is 2. The van der Waals surface area contributed by atoms with Crippen LogP contribution in [0.3, 0.4) is 0 Å². The lowest BCUT2D eigenvalue weighted by molar-refractivity contribution is 0.0996. The fourth-order valence-electron chi connectivity index (χ4n) is 2.76. The molecule has 3 amide bonds. The summed E-state index contributed by atoms with van der Waals surface area (Å²) in [5, 5.41) is 36.6. The highest BCUT2D eigenvalue weighted by molar-refractivity contribution is 5.95. The number of rotatable bonds is 14. The molecule has 0 saturated heterocycles. The van der Waals surface area contributed by atoms with Crippen LogP contribution in [0.5, 0.6) is 17.2 Å². The molecular weight excluding hydrogens is 432 g/mol. The third-order valence-corrected chi connectivity index (χ3v) is 4.40. The van der Waals surface area contributed by atoms with Gasteiger partial charge in [0.2, 0.25) is 0 Å². The fourth-order valence-corrected chi connectivity index (χ4v) is 2.76. The molecule has 0 spiro atoms. The van der Waals surface area contributed by atoms with E-state index in [1.54, 1.807) is 18.2 Å². The molecule has 0 fully saturated rings. The molecular formula is C22H30N4O7. The number of nitrogens with two attached hydrogens (primary N) is 1. The second-order valence-corrected chi connectivity index (χ2v) is 7.00. The molecule has 0 aromatic heterocycles. The van der Waals surface area contributed by atoms with Crippen molar-refractivity contribution in [2.24, 2.45) is 5.73 Å². The number of urea groups is 1. The summed E-state index contributed by atoms with van der Waals surface area (Å²) >= 11 is 0. The molecule has 2 rings (SSSR count). The SMILES string of the molecule is NC(=O)c1cc(OCCNCC(O)COc2ccccc2CNC(=O)NCCO)ccc1O. The number of phenols is 1. The molecule has 0 saturated carbocycles. The highest BCUT2D eigenvalue weighted by Gasteiger charge is 2.10. The van der Waals surface area contributed by atoms with E-state index in [-0.39, 0.29) is 50.8 Å². The van der Waals surface area contributed by atoms with Crippen molar-refractivity contribution in [2.45, 2.75) is 12.6 Å². The molecule has 0 aliphatic carbocycles. The Morgan fingerprint density at radius 1 is 1.06 bits per heavy atom. The Hall–Kier alpha value is -3.54. The Morgan fingerprint density at radius 2 is 1.85 bits per heavy atom. The third kappa shape index (κ3) is 9.23. The summed E-state index contributed by atoms with van der Waals surface area (Å²) in [6, 6.07) is 11.0. The topological polar surface area (TPSA) is 175 Å². The Kier molecular flexibility index (Phi) is 10.7. The average Bonchev–Trinajstić information content (AvgIpc) is 2.81. The Bertz CT molecular complexity index is 910. The lowest BCUT2D eigenvalue weighted by Crippen LogP contribution is -2.36. The quantitative estimate of drug-likeness (QED) is 0.187. The number of hydrogen-bond donors (Lipinski definition) is 7. The molecule has 0 radical (unpaired) electrons. The van der Waals surface area contributed by atoms with Crippen LogP contribution in [-0.2, 0) is 6.54 Å². The van der Waals surface area contributed by atoms with Crippen LogP contribution in [0.4, 0.5) is 4.79 Å². The van der Waals surface area contributed by atoms with Crippen LogP contribution < -0.4 is 31.2 Å². The number of aliphatic hydroxyl groups excluding tert-OH is 2. The smallest absolute Gasteiger partial charge is 0.315 e. The largest absolute Gasteiger partial charge is 0.507 e. The van der Waals surface area contributed by atoms with Crippen LogP contribution in [0.2, 0.25) is 0 Å². The monoisotopic (exact) mass is 462 g/mol. The predicted octanol–water partition coefficient (Wildman–Crippen LogP) is -0.309. The molecule has 11 nitrogen and oxygen atoms in total. The second-order valence-electron chi connectivity index (χ2n) is 7.00. The van der Waals surface area contributed by atoms with Crippen LogP contribution in [-0.4, -0.2) is 72.8 Å². The van der Waals surface area contributed by atoms with Gasteiger partial charge in [-0.1, -0.05) is 18.2 Å². The first-order valence-corrected chi connectivity index (χ1v) is 10.4. The van der Waals surface area contributed by atoms with Gasteiger partial charge in [-0.25, -0.2) is 4.79 Å². The van der Waals surface area contributed by atoms with Crippen LogP contribution >= 0.6 is 0 Å². The average molecular weight is 463 g/mol. The van der Waals surface area contributed by atoms with Gasteiger partial charge in [0.1, 0.15) is 36.6 Å². The molecule has 33 heavy (non-hydrogen) atoms. The lowest BCUT2D eigenvalue weighted by Gasteiger charge is -2.16. The first kappa shape index (κ1) is 25.7. The van der Waals surface area contributed by atoms with E-state index in [1.807, 2.05) is 6.07 Å². The fraction of sp³-hybridized carbons (Fsp3) is 0.364. The second kappa shape index (κ2) is 13.8. The van der Waals surface area contributed by atoms with Crippen molar-refractivity contribution in [1.29, 1.82) is 0 Å². The maximum absolute atomic E-state index is 11.6. The van der Waals surface area contributed by atoms with Gasteiger partial charge in [-0.05, 0) is 24.3 Å². The third-order valence-electron chi connectivity index (χ3n) is 4.40. The number of primary amides is 1. The van der Waals surface area contributed by atoms with E-state index < -0.39 is 18.0 Å². The Morgan fingerprint density at radius 3 is 2.61 bits per heavy atom. The summed E-state index contributed by atoms with van der Waals surface area (Å²) in [5.74, 6) is -0.0256. The minimum atomic E-state index is -0.783. The zero-order chi connectivity index (χ0) is 24.1. The van der Waals surface area contributed by atoms with Gasteiger partial charge in [0.05, 0.1) is 12.2 Å². The summed E-state index contributed by atoms with van der Waals surface area (Å²) in [5.41, 5.74) is 5.91. The van der Waals surface area contributed by atoms with Gasteiger partial charge in [-0.3, -0.25) is 4.79 Å². The first-order valence-electron chi connectivity index (χ1n) is 10.4. The van der Waals surface area contributed by atoms with E-state index in [9.17, 15) is 19.8 Å². The molecule has 2 aromatic rings. The van der Waals surface area contributed by atoms with Gasteiger partial charge < -0.3 is 46.5 Å². The van der Waals surface area contributed by atoms with E-state index in [2.05, 4.69) is 16.0 Å². The highest BCUT2D eigenvalue weighted by Crippen LogP contribution is 2.22. The van der Waals surface area contributed by atoms with E-state index in [0.29, 0.717) is 18.0 Å². The van der Waals surface area contributed by atoms with Crippen molar-refractivity contribution in [2.75, 3.05) is 39.5 Å². The van der Waals surface area contributed by atoms with Crippen molar-refractivity contribution < 1.29 is 34.4 Å². The van der Waals surface area contributed by atoms with Crippen LogP contribution in [0.1, 0.15) is 15.9 Å². The molecule has 180 valence electrons. The summed E-state index contributed by atoms with van der Waals surface area (Å²) in [7, 11) is 0. The molecule has 1 atom stereocenters. The molecule has 0 bridgehead atoms. The molecule has 1 unspecified atom stereocenters. The number of carbonyl (C=O) groups excluding carboxylic acids is 2. The van der Waals surface area contributed by atoms with Gasteiger partial charge in [0.25, 0.3) is 5.91 Å². The zero-order valence-corrected chi connectivity index (χ0v) is 18.1. The number of para-hydroxylation sites is 1. The molecule has 0 aliphatic heterocycles. The summed E-state index contributed by atoms with van der Waals surface area (Å²) < 4.78 is 11.2. The normalized spacial score (nSPS) is 11.5. The van der Waals surface area contributed by atoms with Gasteiger partial charge in [0, 0.05) is 31.7 Å². The van der Waals surface area contributed by atoms with Crippen molar-refractivity contribution in [3.8, 4) is 17.2 Å². The van der Waals surface area contributed by atoms with Gasteiger partial charge in [0.15, 0.2) is 0 Å². The number of amides is 3. The highest BCUT2D eigenvalue weighted by atomic mass is 16.5. The first-order chi connectivity index (χ1) is 15.9. The molecule has 0 heterocycles. The summed E-state index contributed by atoms with van der Waals surface area (Å²) in [4.78, 5) is 22.9. The minimum Gasteiger partial charge on any atom is -0.507 e. The molecule has 8 N–H and O–H groups in total. The van der Waals surface area contributed by atoms with Crippen LogP contribution in [0.15, 0.2) is 42.5 Å². The van der Waals surface area contributed by atoms with Gasteiger partial charge in [-0.15, -0.1) is 0 Å². The number of carbonyl (C=O) groups is 2. The molecule has 11 heteroatoms. The number of hydrogen-bond acceptors (Lipinski definition) is 8.